The monoisotopic (exact) mass is 407 g/mol. The van der Waals surface area contributed by atoms with E-state index in [9.17, 15) is 14.4 Å². The molecule has 0 aliphatic carbocycles. The summed E-state index contributed by atoms with van der Waals surface area (Å²) in [6.07, 6.45) is 2.58. The number of nitrogens with one attached hydrogen (secondary N) is 2. The van der Waals surface area contributed by atoms with Crippen molar-refractivity contribution >= 4 is 23.4 Å². The van der Waals surface area contributed by atoms with Crippen LogP contribution in [0.25, 0.3) is 0 Å². The molecule has 6 nitrogen and oxygen atoms in total. The molecule has 1 aliphatic rings. The average Bonchev–Trinajstić information content (AvgIpc) is 2.79. The van der Waals surface area contributed by atoms with E-state index in [-0.39, 0.29) is 23.6 Å². The van der Waals surface area contributed by atoms with Crippen LogP contribution < -0.4 is 10.6 Å². The van der Waals surface area contributed by atoms with Gasteiger partial charge >= 0.3 is 0 Å². The summed E-state index contributed by atoms with van der Waals surface area (Å²) in [5, 5.41) is 5.80. The van der Waals surface area contributed by atoms with E-state index in [0.29, 0.717) is 50.1 Å². The van der Waals surface area contributed by atoms with Crippen LogP contribution in [-0.4, -0.2) is 42.3 Å². The highest BCUT2D eigenvalue weighted by Crippen LogP contribution is 2.20. The fourth-order valence-corrected chi connectivity index (χ4v) is 3.59. The zero-order valence-electron chi connectivity index (χ0n) is 17.4. The smallest absolute Gasteiger partial charge is 0.253 e. The second-order valence-corrected chi connectivity index (χ2v) is 7.57. The van der Waals surface area contributed by atoms with Gasteiger partial charge in [0.1, 0.15) is 0 Å². The van der Waals surface area contributed by atoms with E-state index in [1.54, 1.807) is 36.1 Å². The van der Waals surface area contributed by atoms with E-state index in [1.165, 1.54) is 5.56 Å². The topological polar surface area (TPSA) is 78.5 Å². The number of carbonyl (C=O) groups is 3. The maximum atomic E-state index is 12.7. The largest absolute Gasteiger partial charge is 0.356 e. The molecular formula is C24H29N3O3. The molecule has 2 N–H and O–H groups in total. The van der Waals surface area contributed by atoms with Crippen molar-refractivity contribution < 1.29 is 14.4 Å². The van der Waals surface area contributed by atoms with Crippen LogP contribution in [0, 0.1) is 5.92 Å². The van der Waals surface area contributed by atoms with Crippen molar-refractivity contribution in [1.82, 2.24) is 10.2 Å². The lowest BCUT2D eigenvalue weighted by Gasteiger charge is -2.31. The molecule has 158 valence electrons. The number of anilines is 1. The minimum Gasteiger partial charge on any atom is -0.356 e. The Kier molecular flexibility index (Phi) is 7.60. The van der Waals surface area contributed by atoms with Crippen molar-refractivity contribution in [3.63, 3.8) is 0 Å². The van der Waals surface area contributed by atoms with E-state index in [0.717, 1.165) is 6.42 Å². The molecule has 1 aliphatic heterocycles. The standard InChI is InChI=1S/C24H29N3O3/c1-2-22(28)26-21-10-8-20(9-11-21)24(30)27-16-13-19(14-17-27)23(29)25-15-12-18-6-4-3-5-7-18/h3-11,19H,2,12-17H2,1H3,(H,25,29)(H,26,28). The maximum absolute atomic E-state index is 12.7. The molecule has 0 aromatic heterocycles. The quantitative estimate of drug-likeness (QED) is 0.740. The van der Waals surface area contributed by atoms with Gasteiger partial charge in [0, 0.05) is 43.2 Å². The molecule has 1 fully saturated rings. The van der Waals surface area contributed by atoms with Gasteiger partial charge in [-0.2, -0.15) is 0 Å². The molecule has 0 atom stereocenters. The highest BCUT2D eigenvalue weighted by Gasteiger charge is 2.27. The fourth-order valence-electron chi connectivity index (χ4n) is 3.59. The summed E-state index contributed by atoms with van der Waals surface area (Å²) in [5.74, 6) is -0.0602. The molecule has 0 unspecified atom stereocenters. The molecule has 3 rings (SSSR count). The number of benzene rings is 2. The second kappa shape index (κ2) is 10.6. The normalized spacial score (nSPS) is 14.2. The number of hydrogen-bond donors (Lipinski definition) is 2. The van der Waals surface area contributed by atoms with Gasteiger partial charge in [0.05, 0.1) is 0 Å². The van der Waals surface area contributed by atoms with Crippen molar-refractivity contribution in [3.05, 3.63) is 65.7 Å². The Balaban J connectivity index is 1.43. The van der Waals surface area contributed by atoms with Crippen LogP contribution in [0.2, 0.25) is 0 Å². The lowest BCUT2D eigenvalue weighted by molar-refractivity contribution is -0.126. The Hall–Kier alpha value is -3.15. The Labute approximate surface area is 177 Å². The number of likely N-dealkylation sites (tertiary alicyclic amines) is 1. The van der Waals surface area contributed by atoms with Gasteiger partial charge < -0.3 is 15.5 Å². The Bertz CT molecular complexity index is 857. The Morgan fingerprint density at radius 1 is 0.967 bits per heavy atom. The van der Waals surface area contributed by atoms with Gasteiger partial charge in [-0.1, -0.05) is 37.3 Å². The predicted molar refractivity (Wildman–Crippen MR) is 117 cm³/mol. The van der Waals surface area contributed by atoms with Gasteiger partial charge in [-0.05, 0) is 49.1 Å². The van der Waals surface area contributed by atoms with Gasteiger partial charge in [0.15, 0.2) is 0 Å². The maximum Gasteiger partial charge on any atom is 0.253 e. The number of carbonyl (C=O) groups excluding carboxylic acids is 3. The Morgan fingerprint density at radius 3 is 2.27 bits per heavy atom. The molecule has 1 saturated heterocycles. The van der Waals surface area contributed by atoms with Gasteiger partial charge in [-0.15, -0.1) is 0 Å². The molecule has 1 heterocycles. The molecule has 0 radical (unpaired) electrons. The van der Waals surface area contributed by atoms with Gasteiger partial charge in [-0.3, -0.25) is 14.4 Å². The first kappa shape index (κ1) is 21.6. The first-order chi connectivity index (χ1) is 14.6. The first-order valence-corrected chi connectivity index (χ1v) is 10.6. The lowest BCUT2D eigenvalue weighted by Crippen LogP contribution is -2.43. The number of hydrogen-bond acceptors (Lipinski definition) is 3. The van der Waals surface area contributed by atoms with Crippen LogP contribution >= 0.6 is 0 Å². The molecule has 3 amide bonds. The first-order valence-electron chi connectivity index (χ1n) is 10.6. The summed E-state index contributed by atoms with van der Waals surface area (Å²) in [4.78, 5) is 38.4. The molecular weight excluding hydrogens is 378 g/mol. The number of amides is 3. The molecule has 6 heteroatoms. The van der Waals surface area contributed by atoms with Crippen molar-refractivity contribution in [2.45, 2.75) is 32.6 Å². The van der Waals surface area contributed by atoms with E-state index in [4.69, 9.17) is 0 Å². The summed E-state index contributed by atoms with van der Waals surface area (Å²) in [7, 11) is 0. The minimum atomic E-state index is -0.0572. The van der Waals surface area contributed by atoms with Crippen molar-refractivity contribution in [1.29, 1.82) is 0 Å². The van der Waals surface area contributed by atoms with E-state index < -0.39 is 0 Å². The Morgan fingerprint density at radius 2 is 1.63 bits per heavy atom. The fraction of sp³-hybridized carbons (Fsp3) is 0.375. The zero-order chi connectivity index (χ0) is 21.3. The second-order valence-electron chi connectivity index (χ2n) is 7.57. The number of nitrogens with zero attached hydrogens (tertiary/aromatic N) is 1. The summed E-state index contributed by atoms with van der Waals surface area (Å²) in [6.45, 7) is 3.57. The van der Waals surface area contributed by atoms with Crippen molar-refractivity contribution in [2.75, 3.05) is 25.0 Å². The SMILES string of the molecule is CCC(=O)Nc1ccc(C(=O)N2CCC(C(=O)NCCc3ccccc3)CC2)cc1. The summed E-state index contributed by atoms with van der Waals surface area (Å²) in [6, 6.07) is 17.0. The molecule has 0 saturated carbocycles. The summed E-state index contributed by atoms with van der Waals surface area (Å²) < 4.78 is 0. The molecule has 2 aromatic carbocycles. The highest BCUT2D eigenvalue weighted by molar-refractivity contribution is 5.96. The lowest BCUT2D eigenvalue weighted by atomic mass is 9.95. The highest BCUT2D eigenvalue weighted by atomic mass is 16.2. The van der Waals surface area contributed by atoms with Crippen LogP contribution in [0.15, 0.2) is 54.6 Å². The molecule has 0 bridgehead atoms. The third kappa shape index (κ3) is 5.92. The molecule has 30 heavy (non-hydrogen) atoms. The number of rotatable bonds is 7. The number of piperidine rings is 1. The van der Waals surface area contributed by atoms with Crippen LogP contribution in [0.3, 0.4) is 0 Å². The van der Waals surface area contributed by atoms with E-state index >= 15 is 0 Å². The molecule has 0 spiro atoms. The van der Waals surface area contributed by atoms with Crippen molar-refractivity contribution in [3.8, 4) is 0 Å². The van der Waals surface area contributed by atoms with Gasteiger partial charge in [0.25, 0.3) is 5.91 Å². The molecule has 2 aromatic rings. The minimum absolute atomic E-state index is 0.0358. The van der Waals surface area contributed by atoms with Gasteiger partial charge in [0.2, 0.25) is 11.8 Å². The third-order valence-corrected chi connectivity index (χ3v) is 5.45. The van der Waals surface area contributed by atoms with Crippen LogP contribution in [0.4, 0.5) is 5.69 Å². The van der Waals surface area contributed by atoms with Gasteiger partial charge in [-0.25, -0.2) is 0 Å². The predicted octanol–water partition coefficient (Wildman–Crippen LogP) is 3.25. The zero-order valence-corrected chi connectivity index (χ0v) is 17.4. The van der Waals surface area contributed by atoms with Crippen LogP contribution in [-0.2, 0) is 16.0 Å². The van der Waals surface area contributed by atoms with Crippen molar-refractivity contribution in [2.24, 2.45) is 5.92 Å². The third-order valence-electron chi connectivity index (χ3n) is 5.45. The summed E-state index contributed by atoms with van der Waals surface area (Å²) >= 11 is 0. The van der Waals surface area contributed by atoms with Crippen LogP contribution in [0.5, 0.6) is 0 Å². The van der Waals surface area contributed by atoms with E-state index in [2.05, 4.69) is 22.8 Å². The average molecular weight is 408 g/mol. The van der Waals surface area contributed by atoms with E-state index in [1.807, 2.05) is 18.2 Å². The van der Waals surface area contributed by atoms with Crippen LogP contribution in [0.1, 0.15) is 42.1 Å². The summed E-state index contributed by atoms with van der Waals surface area (Å²) in [5.41, 5.74) is 2.48.